The van der Waals surface area contributed by atoms with Crippen LogP contribution in [-0.4, -0.2) is 23.3 Å². The van der Waals surface area contributed by atoms with Crippen molar-refractivity contribution in [3.8, 4) is 12.1 Å². The van der Waals surface area contributed by atoms with Crippen LogP contribution in [0, 0.1) is 22.7 Å². The van der Waals surface area contributed by atoms with Crippen molar-refractivity contribution in [2.24, 2.45) is 0 Å². The van der Waals surface area contributed by atoms with Gasteiger partial charge in [0.2, 0.25) is 0 Å². The number of benzene rings is 1. The Labute approximate surface area is 148 Å². The molecule has 0 spiro atoms. The number of anilines is 1. The highest BCUT2D eigenvalue weighted by Crippen LogP contribution is 2.43. The Morgan fingerprint density at radius 2 is 2.08 bits per heavy atom. The molecule has 1 aromatic carbocycles. The van der Waals surface area contributed by atoms with Gasteiger partial charge in [-0.25, -0.2) is 0 Å². The highest BCUT2D eigenvalue weighted by Gasteiger charge is 2.34. The smallest absolute Gasteiger partial charge is 0.129 e. The van der Waals surface area contributed by atoms with Gasteiger partial charge in [-0.2, -0.15) is 15.6 Å². The molecule has 0 bridgehead atoms. The van der Waals surface area contributed by atoms with Crippen molar-refractivity contribution >= 4 is 21.7 Å². The lowest BCUT2D eigenvalue weighted by Gasteiger charge is -2.29. The van der Waals surface area contributed by atoms with Crippen LogP contribution in [-0.2, 0) is 0 Å². The third-order valence-electron chi connectivity index (χ3n) is 4.26. The van der Waals surface area contributed by atoms with E-state index in [4.69, 9.17) is 0 Å². The fourth-order valence-electron chi connectivity index (χ4n) is 2.92. The molecule has 0 saturated heterocycles. The Morgan fingerprint density at radius 1 is 1.29 bits per heavy atom. The summed E-state index contributed by atoms with van der Waals surface area (Å²) in [4.78, 5) is 0. The lowest BCUT2D eigenvalue weighted by atomic mass is 9.82. The van der Waals surface area contributed by atoms with E-state index < -0.39 is 0 Å². The number of nitriles is 2. The second-order valence-corrected chi connectivity index (χ2v) is 6.32. The second-order valence-electron chi connectivity index (χ2n) is 5.53. The van der Waals surface area contributed by atoms with Crippen molar-refractivity contribution in [2.45, 2.75) is 18.9 Å². The van der Waals surface area contributed by atoms with Gasteiger partial charge in [0.25, 0.3) is 0 Å². The van der Waals surface area contributed by atoms with E-state index in [9.17, 15) is 10.5 Å². The molecule has 3 rings (SSSR count). The number of nitrogens with one attached hydrogen (secondary N) is 3. The first-order chi connectivity index (χ1) is 11.6. The first-order valence-electron chi connectivity index (χ1n) is 7.42. The van der Waals surface area contributed by atoms with Gasteiger partial charge in [0.15, 0.2) is 0 Å². The molecule has 0 fully saturated rings. The van der Waals surface area contributed by atoms with Crippen LogP contribution in [0.15, 0.2) is 40.1 Å². The maximum absolute atomic E-state index is 9.83. The van der Waals surface area contributed by atoms with Crippen LogP contribution in [0.2, 0.25) is 0 Å². The van der Waals surface area contributed by atoms with E-state index in [1.54, 1.807) is 12.3 Å². The molecule has 120 valence electrons. The summed E-state index contributed by atoms with van der Waals surface area (Å²) in [6, 6.07) is 9.99. The Balaban J connectivity index is 2.27. The quantitative estimate of drug-likeness (QED) is 0.757. The highest BCUT2D eigenvalue weighted by molar-refractivity contribution is 9.10. The molecule has 2 aromatic rings. The number of nitrogens with zero attached hydrogens (tertiary/aromatic N) is 3. The zero-order valence-electron chi connectivity index (χ0n) is 13.2. The van der Waals surface area contributed by atoms with Crippen molar-refractivity contribution in [1.29, 1.82) is 10.5 Å². The summed E-state index contributed by atoms with van der Waals surface area (Å²) in [6.07, 6.45) is 1.72. The standard InChI is InChI=1S/C17H15BrN6/c1-9(21-2)16-12(7-20)14(13-8-22-24-17(13)23-16)11-5-3-4-10(6-19)15(11)18/h3-5,8-9,14,21H,1-2H3,(H2,22,23,24). The van der Waals surface area contributed by atoms with Crippen LogP contribution in [0.5, 0.6) is 0 Å². The second kappa shape index (κ2) is 6.48. The summed E-state index contributed by atoms with van der Waals surface area (Å²) in [5, 5.41) is 32.6. The van der Waals surface area contributed by atoms with E-state index in [1.807, 2.05) is 26.1 Å². The highest BCUT2D eigenvalue weighted by atomic mass is 79.9. The van der Waals surface area contributed by atoms with Crippen molar-refractivity contribution in [2.75, 3.05) is 12.4 Å². The molecular formula is C17H15BrN6. The fraction of sp³-hybridized carbons (Fsp3) is 0.235. The van der Waals surface area contributed by atoms with Crippen LogP contribution in [0.4, 0.5) is 5.82 Å². The first-order valence-corrected chi connectivity index (χ1v) is 8.21. The molecule has 3 N–H and O–H groups in total. The maximum atomic E-state index is 9.83. The number of halogens is 1. The molecule has 2 unspecified atom stereocenters. The largest absolute Gasteiger partial charge is 0.342 e. The van der Waals surface area contributed by atoms with E-state index in [2.05, 4.69) is 48.9 Å². The van der Waals surface area contributed by atoms with E-state index in [0.717, 1.165) is 22.6 Å². The van der Waals surface area contributed by atoms with Crippen LogP contribution < -0.4 is 10.6 Å². The molecule has 0 amide bonds. The van der Waals surface area contributed by atoms with Crippen molar-refractivity contribution in [3.63, 3.8) is 0 Å². The molecule has 1 aromatic heterocycles. The van der Waals surface area contributed by atoms with Gasteiger partial charge in [0, 0.05) is 21.8 Å². The number of rotatable bonds is 3. The Morgan fingerprint density at radius 3 is 2.75 bits per heavy atom. The molecule has 1 aliphatic rings. The summed E-state index contributed by atoms with van der Waals surface area (Å²) in [5.41, 5.74) is 3.71. The molecule has 2 heterocycles. The molecule has 6 nitrogen and oxygen atoms in total. The minimum absolute atomic E-state index is 0.0310. The SMILES string of the molecule is CNC(C)C1=C(C#N)C(c2cccc(C#N)c2Br)c2cn[nH]c2N1. The summed E-state index contributed by atoms with van der Waals surface area (Å²) in [5.74, 6) is 0.476. The molecule has 24 heavy (non-hydrogen) atoms. The predicted octanol–water partition coefficient (Wildman–Crippen LogP) is 2.99. The number of fused-ring (bicyclic) bond motifs is 1. The van der Waals surface area contributed by atoms with Crippen LogP contribution >= 0.6 is 15.9 Å². The van der Waals surface area contributed by atoms with Crippen LogP contribution in [0.3, 0.4) is 0 Å². The molecule has 1 aliphatic heterocycles. The number of hydrogen-bond donors (Lipinski definition) is 3. The predicted molar refractivity (Wildman–Crippen MR) is 94.1 cm³/mol. The molecule has 0 aliphatic carbocycles. The third kappa shape index (κ3) is 2.48. The van der Waals surface area contributed by atoms with E-state index in [1.165, 1.54) is 0 Å². The average molecular weight is 383 g/mol. The summed E-state index contributed by atoms with van der Waals surface area (Å²) in [6.45, 7) is 1.98. The number of H-pyrrole nitrogens is 1. The van der Waals surface area contributed by atoms with Crippen LogP contribution in [0.1, 0.15) is 29.5 Å². The Bertz CT molecular complexity index is 899. The van der Waals surface area contributed by atoms with E-state index in [0.29, 0.717) is 15.6 Å². The average Bonchev–Trinajstić information content (AvgIpc) is 3.08. The summed E-state index contributed by atoms with van der Waals surface area (Å²) < 4.78 is 0.704. The number of likely N-dealkylation sites (N-methyl/N-ethyl adjacent to an activating group) is 1. The first kappa shape index (κ1) is 16.3. The normalized spacial score (nSPS) is 17.5. The van der Waals surface area contributed by atoms with Gasteiger partial charge in [-0.05, 0) is 41.5 Å². The number of allylic oxidation sites excluding steroid dienone is 1. The Hall–Kier alpha value is -2.61. The van der Waals surface area contributed by atoms with E-state index >= 15 is 0 Å². The van der Waals surface area contributed by atoms with Gasteiger partial charge < -0.3 is 10.6 Å². The zero-order chi connectivity index (χ0) is 17.3. The molecule has 0 saturated carbocycles. The maximum Gasteiger partial charge on any atom is 0.129 e. The minimum Gasteiger partial charge on any atom is -0.342 e. The van der Waals surface area contributed by atoms with Gasteiger partial charge >= 0.3 is 0 Å². The van der Waals surface area contributed by atoms with Gasteiger partial charge in [-0.15, -0.1) is 0 Å². The summed E-state index contributed by atoms with van der Waals surface area (Å²) >= 11 is 3.53. The number of hydrogen-bond acceptors (Lipinski definition) is 5. The molecular weight excluding hydrogens is 368 g/mol. The topological polar surface area (TPSA) is 100 Å². The lowest BCUT2D eigenvalue weighted by Crippen LogP contribution is -2.32. The molecule has 2 atom stereocenters. The zero-order valence-corrected chi connectivity index (χ0v) is 14.8. The van der Waals surface area contributed by atoms with Gasteiger partial charge in [0.05, 0.1) is 29.3 Å². The third-order valence-corrected chi connectivity index (χ3v) is 5.15. The minimum atomic E-state index is -0.293. The van der Waals surface area contributed by atoms with Crippen molar-refractivity contribution in [3.05, 3.63) is 56.8 Å². The summed E-state index contributed by atoms with van der Waals surface area (Å²) in [7, 11) is 1.85. The number of aromatic amines is 1. The molecule has 0 radical (unpaired) electrons. The van der Waals surface area contributed by atoms with Crippen molar-refractivity contribution < 1.29 is 0 Å². The lowest BCUT2D eigenvalue weighted by molar-refractivity contribution is 0.679. The Kier molecular flexibility index (Phi) is 4.39. The number of aromatic nitrogens is 2. The van der Waals surface area contributed by atoms with Gasteiger partial charge in [-0.3, -0.25) is 5.10 Å². The monoisotopic (exact) mass is 382 g/mol. The van der Waals surface area contributed by atoms with Gasteiger partial charge in [-0.1, -0.05) is 12.1 Å². The van der Waals surface area contributed by atoms with Crippen LogP contribution in [0.25, 0.3) is 0 Å². The van der Waals surface area contributed by atoms with E-state index in [-0.39, 0.29) is 12.0 Å². The fourth-order valence-corrected chi connectivity index (χ4v) is 3.50. The van der Waals surface area contributed by atoms with Gasteiger partial charge in [0.1, 0.15) is 11.9 Å². The van der Waals surface area contributed by atoms with Crippen molar-refractivity contribution in [1.82, 2.24) is 15.5 Å². The molecule has 7 heteroatoms.